The fourth-order valence-corrected chi connectivity index (χ4v) is 8.28. The van der Waals surface area contributed by atoms with Crippen molar-refractivity contribution >= 4 is 51.6 Å². The Labute approximate surface area is 355 Å². The molecule has 17 heteroatoms. The van der Waals surface area contributed by atoms with Gasteiger partial charge in [-0.25, -0.2) is 19.4 Å². The first-order valence-corrected chi connectivity index (χ1v) is 20.2. The van der Waals surface area contributed by atoms with E-state index in [-0.39, 0.29) is 66.7 Å². The number of carbonyl (C=O) groups is 2. The number of nitrogens with one attached hydrogen (secondary N) is 3. The molecule has 0 bridgehead atoms. The second-order valence-corrected chi connectivity index (χ2v) is 15.2. The van der Waals surface area contributed by atoms with Crippen molar-refractivity contribution < 1.29 is 19.8 Å². The predicted molar refractivity (Wildman–Crippen MR) is 232 cm³/mol. The van der Waals surface area contributed by atoms with Crippen LogP contribution in [0.5, 0.6) is 11.5 Å². The van der Waals surface area contributed by atoms with Crippen LogP contribution < -0.4 is 26.1 Å². The first-order chi connectivity index (χ1) is 29.6. The number of fused-ring (bicyclic) bond motifs is 2. The lowest BCUT2D eigenvalue weighted by Gasteiger charge is -2.42. The highest BCUT2D eigenvalue weighted by molar-refractivity contribution is 6.36. The highest BCUT2D eigenvalue weighted by Gasteiger charge is 2.33. The maximum atomic E-state index is 13.1. The van der Waals surface area contributed by atoms with Crippen LogP contribution in [0.1, 0.15) is 29.7 Å². The molecule has 1 unspecified atom stereocenters. The summed E-state index contributed by atoms with van der Waals surface area (Å²) in [6.07, 6.45) is 2.24. The molecule has 310 valence electrons. The van der Waals surface area contributed by atoms with E-state index in [9.17, 15) is 29.9 Å². The smallest absolute Gasteiger partial charge is 0.348 e. The van der Waals surface area contributed by atoms with Gasteiger partial charge in [0.05, 0.1) is 47.0 Å². The molecular formula is C44H42ClN11O5. The Morgan fingerprint density at radius 1 is 1.02 bits per heavy atom. The van der Waals surface area contributed by atoms with E-state index in [1.165, 1.54) is 28.8 Å². The van der Waals surface area contributed by atoms with Crippen molar-refractivity contribution in [3.05, 3.63) is 124 Å². The number of hydrogen-bond acceptors (Lipinski definition) is 12. The van der Waals surface area contributed by atoms with E-state index >= 15 is 0 Å². The third-order valence-electron chi connectivity index (χ3n) is 11.0. The molecule has 1 saturated heterocycles. The van der Waals surface area contributed by atoms with E-state index in [4.69, 9.17) is 21.6 Å². The van der Waals surface area contributed by atoms with Crippen LogP contribution in [0.2, 0.25) is 5.02 Å². The van der Waals surface area contributed by atoms with Crippen molar-refractivity contribution in [3.63, 3.8) is 0 Å². The number of aromatic amines is 1. The first kappa shape index (κ1) is 40.4. The topological polar surface area (TPSA) is 209 Å². The van der Waals surface area contributed by atoms with Gasteiger partial charge in [-0.1, -0.05) is 54.6 Å². The molecule has 2 aliphatic heterocycles. The number of benzene rings is 4. The standard InChI is InChI=1S/C44H42ClN11O5/c1-2-39(60)55-22-21-54(25-30(55)15-18-46)41-32-17-20-53(36-8-4-6-28-5-3-7-34(45)40(28)36)26-35(32)49-43(50-41)47-19-16-38(59)48-24-27-9-11-29(12-10-27)56-42(51-52-44(56)61)33-14-13-31(57)23-37(33)58/h2-14,23,30,57-58H,1,15-17,19-22,24-26H2,(H,48,59)(H,52,61)(H,47,49,50). The summed E-state index contributed by atoms with van der Waals surface area (Å²) in [5.74, 6) is 0.516. The Morgan fingerprint density at radius 3 is 2.59 bits per heavy atom. The average Bonchev–Trinajstić information content (AvgIpc) is 3.65. The van der Waals surface area contributed by atoms with E-state index in [2.05, 4.69) is 49.3 Å². The van der Waals surface area contributed by atoms with Crippen LogP contribution in [0.3, 0.4) is 0 Å². The summed E-state index contributed by atoms with van der Waals surface area (Å²) in [4.78, 5) is 54.5. The van der Waals surface area contributed by atoms with Crippen LogP contribution in [0, 0.1) is 11.3 Å². The van der Waals surface area contributed by atoms with Crippen LogP contribution in [0.4, 0.5) is 17.5 Å². The van der Waals surface area contributed by atoms with Crippen LogP contribution >= 0.6 is 11.6 Å². The van der Waals surface area contributed by atoms with Crippen molar-refractivity contribution in [3.8, 4) is 34.6 Å². The van der Waals surface area contributed by atoms with Gasteiger partial charge in [0, 0.05) is 68.4 Å². The molecule has 16 nitrogen and oxygen atoms in total. The summed E-state index contributed by atoms with van der Waals surface area (Å²) >= 11 is 6.73. The number of rotatable bonds is 12. The third-order valence-corrected chi connectivity index (χ3v) is 11.3. The van der Waals surface area contributed by atoms with Crippen molar-refractivity contribution in [1.82, 2.24) is 34.9 Å². The SMILES string of the molecule is C=CC(=O)N1CCN(c2nc(NCCC(=O)NCc3ccc(-n4c(-c5ccc(O)cc5O)n[nH]c4=O)cc3)nc3c2CCN(c2cccc4cccc(Cl)c24)C3)CC1CC#N. The van der Waals surface area contributed by atoms with Crippen LogP contribution in [-0.4, -0.2) is 90.4 Å². The Balaban J connectivity index is 0.964. The molecule has 8 rings (SSSR count). The Hall–Kier alpha value is -7.38. The van der Waals surface area contributed by atoms with Gasteiger partial charge in [-0.05, 0) is 59.8 Å². The average molecular weight is 840 g/mol. The number of carbonyl (C=O) groups excluding carboxylic acids is 2. The molecule has 4 aromatic carbocycles. The van der Waals surface area contributed by atoms with Gasteiger partial charge in [0.1, 0.15) is 17.3 Å². The van der Waals surface area contributed by atoms with E-state index in [1.54, 1.807) is 29.2 Å². The van der Waals surface area contributed by atoms with Gasteiger partial charge in [-0.3, -0.25) is 9.59 Å². The van der Waals surface area contributed by atoms with Gasteiger partial charge < -0.3 is 35.5 Å². The molecule has 1 atom stereocenters. The number of aromatic hydroxyl groups is 2. The quantitative estimate of drug-likeness (QED) is 0.103. The first-order valence-electron chi connectivity index (χ1n) is 19.8. The normalized spacial score (nSPS) is 15.0. The molecule has 1 fully saturated rings. The maximum Gasteiger partial charge on any atom is 0.348 e. The number of piperazine rings is 1. The molecule has 61 heavy (non-hydrogen) atoms. The Kier molecular flexibility index (Phi) is 11.6. The number of phenolic OH excluding ortho intramolecular Hbond substituents is 2. The Bertz CT molecular complexity index is 2740. The van der Waals surface area contributed by atoms with Crippen LogP contribution in [0.15, 0.2) is 96.3 Å². The van der Waals surface area contributed by atoms with Gasteiger partial charge in [-0.15, -0.1) is 0 Å². The van der Waals surface area contributed by atoms with Gasteiger partial charge >= 0.3 is 5.69 Å². The molecule has 2 aromatic heterocycles. The van der Waals surface area contributed by atoms with E-state index < -0.39 is 5.69 Å². The zero-order chi connectivity index (χ0) is 42.6. The number of amides is 2. The lowest BCUT2D eigenvalue weighted by Crippen LogP contribution is -2.55. The zero-order valence-corrected chi connectivity index (χ0v) is 33.8. The van der Waals surface area contributed by atoms with Gasteiger partial charge in [0.25, 0.3) is 0 Å². The molecule has 2 aliphatic rings. The largest absolute Gasteiger partial charge is 0.508 e. The minimum Gasteiger partial charge on any atom is -0.508 e. The van der Waals surface area contributed by atoms with Crippen molar-refractivity contribution in [2.75, 3.05) is 47.8 Å². The third kappa shape index (κ3) is 8.41. The molecule has 0 radical (unpaired) electrons. The summed E-state index contributed by atoms with van der Waals surface area (Å²) in [5.41, 5.74) is 3.88. The highest BCUT2D eigenvalue weighted by atomic mass is 35.5. The van der Waals surface area contributed by atoms with Crippen molar-refractivity contribution in [2.45, 2.75) is 38.4 Å². The van der Waals surface area contributed by atoms with Gasteiger partial charge in [-0.2, -0.15) is 15.3 Å². The number of nitriles is 1. The molecule has 0 aliphatic carbocycles. The Morgan fingerprint density at radius 2 is 1.82 bits per heavy atom. The van der Waals surface area contributed by atoms with Crippen molar-refractivity contribution in [2.24, 2.45) is 0 Å². The predicted octanol–water partition coefficient (Wildman–Crippen LogP) is 5.03. The second-order valence-electron chi connectivity index (χ2n) is 14.8. The minimum absolute atomic E-state index is 0.124. The summed E-state index contributed by atoms with van der Waals surface area (Å²) in [6.45, 7) is 6.68. The monoisotopic (exact) mass is 839 g/mol. The number of halogens is 1. The van der Waals surface area contributed by atoms with Crippen LogP contribution in [-0.2, 0) is 29.1 Å². The summed E-state index contributed by atoms with van der Waals surface area (Å²) in [6, 6.07) is 24.9. The van der Waals surface area contributed by atoms with E-state index in [0.717, 1.165) is 39.1 Å². The lowest BCUT2D eigenvalue weighted by molar-refractivity contribution is -0.128. The number of H-pyrrole nitrogens is 1. The number of anilines is 3. The number of aromatic nitrogens is 5. The lowest BCUT2D eigenvalue weighted by atomic mass is 10.0. The van der Waals surface area contributed by atoms with Crippen molar-refractivity contribution in [1.29, 1.82) is 5.26 Å². The summed E-state index contributed by atoms with van der Waals surface area (Å²) < 4.78 is 1.31. The van der Waals surface area contributed by atoms with Gasteiger partial charge in [0.2, 0.25) is 17.8 Å². The number of hydrogen-bond donors (Lipinski definition) is 5. The molecule has 2 amide bonds. The summed E-state index contributed by atoms with van der Waals surface area (Å²) in [7, 11) is 0. The molecule has 0 spiro atoms. The summed E-state index contributed by atoms with van der Waals surface area (Å²) in [5, 5.41) is 45.0. The van der Waals surface area contributed by atoms with Gasteiger partial charge in [0.15, 0.2) is 5.82 Å². The fraction of sp³-hybridized carbons (Fsp3) is 0.250. The molecular weight excluding hydrogens is 798 g/mol. The minimum atomic E-state index is -0.510. The number of nitrogens with zero attached hydrogens (tertiary/aromatic N) is 8. The fourth-order valence-electron chi connectivity index (χ4n) is 8.00. The van der Waals surface area contributed by atoms with E-state index in [1.807, 2.05) is 30.3 Å². The zero-order valence-electron chi connectivity index (χ0n) is 33.0. The van der Waals surface area contributed by atoms with E-state index in [0.29, 0.717) is 55.8 Å². The maximum absolute atomic E-state index is 13.1. The molecule has 6 aromatic rings. The molecule has 0 saturated carbocycles. The highest BCUT2D eigenvalue weighted by Crippen LogP contribution is 2.37. The molecule has 5 N–H and O–H groups in total. The molecule has 4 heterocycles. The van der Waals surface area contributed by atoms with Crippen LogP contribution in [0.25, 0.3) is 27.8 Å². The number of phenols is 2. The second kappa shape index (κ2) is 17.5.